The van der Waals surface area contributed by atoms with Crippen molar-refractivity contribution in [3.63, 3.8) is 0 Å². The lowest BCUT2D eigenvalue weighted by molar-refractivity contribution is 0.0788. The summed E-state index contributed by atoms with van der Waals surface area (Å²) in [5.74, 6) is 0.119. The first-order valence-electron chi connectivity index (χ1n) is 7.21. The van der Waals surface area contributed by atoms with Crippen LogP contribution in [-0.2, 0) is 11.3 Å². The van der Waals surface area contributed by atoms with Gasteiger partial charge in [-0.25, -0.2) is 4.39 Å². The highest BCUT2D eigenvalue weighted by atomic mass is 19.1. The predicted molar refractivity (Wildman–Crippen MR) is 79.8 cm³/mol. The Morgan fingerprint density at radius 2 is 2.24 bits per heavy atom. The minimum atomic E-state index is -0.397. The van der Waals surface area contributed by atoms with E-state index in [1.807, 2.05) is 0 Å². The Labute approximate surface area is 122 Å². The van der Waals surface area contributed by atoms with E-state index in [2.05, 4.69) is 24.1 Å². The molecule has 1 aliphatic rings. The van der Waals surface area contributed by atoms with Crippen molar-refractivity contribution in [1.82, 2.24) is 10.3 Å². The highest BCUT2D eigenvalue weighted by molar-refractivity contribution is 5.86. The Balaban J connectivity index is 2.14. The Kier molecular flexibility index (Phi) is 3.78. The molecule has 2 N–H and O–H groups in total. The molecular formula is C16H19FN2O2. The molecule has 1 aromatic carbocycles. The van der Waals surface area contributed by atoms with Gasteiger partial charge < -0.3 is 15.0 Å². The molecule has 0 bridgehead atoms. The summed E-state index contributed by atoms with van der Waals surface area (Å²) in [5, 5.41) is 4.66. The number of H-pyrrole nitrogens is 1. The lowest BCUT2D eigenvalue weighted by atomic mass is 9.96. The van der Waals surface area contributed by atoms with Crippen molar-refractivity contribution in [2.75, 3.05) is 13.2 Å². The molecular weight excluding hydrogens is 271 g/mol. The molecule has 0 amide bonds. The summed E-state index contributed by atoms with van der Waals surface area (Å²) in [6.45, 7) is 6.07. The quantitative estimate of drug-likeness (QED) is 0.913. The number of benzene rings is 1. The minimum Gasteiger partial charge on any atom is -0.373 e. The molecule has 112 valence electrons. The van der Waals surface area contributed by atoms with Crippen molar-refractivity contribution in [1.29, 1.82) is 0 Å². The molecule has 5 heteroatoms. The molecule has 0 radical (unpaired) electrons. The van der Waals surface area contributed by atoms with Crippen LogP contribution in [0.25, 0.3) is 10.8 Å². The van der Waals surface area contributed by atoms with E-state index in [9.17, 15) is 9.18 Å². The van der Waals surface area contributed by atoms with E-state index in [-0.39, 0.29) is 11.6 Å². The highest BCUT2D eigenvalue weighted by Crippen LogP contribution is 2.29. The Bertz CT molecular complexity index is 724. The molecule has 0 unspecified atom stereocenters. The fourth-order valence-electron chi connectivity index (χ4n) is 2.79. The second-order valence-corrected chi connectivity index (χ2v) is 5.91. The van der Waals surface area contributed by atoms with E-state index in [4.69, 9.17) is 4.74 Å². The number of nitrogens with one attached hydrogen (secondary N) is 2. The van der Waals surface area contributed by atoms with Crippen molar-refractivity contribution in [3.8, 4) is 0 Å². The maximum absolute atomic E-state index is 13.4. The second kappa shape index (κ2) is 5.58. The molecule has 3 rings (SSSR count). The average Bonchev–Trinajstić information content (AvgIpc) is 2.45. The van der Waals surface area contributed by atoms with Gasteiger partial charge in [0.1, 0.15) is 5.82 Å². The lowest BCUT2D eigenvalue weighted by Gasteiger charge is -2.28. The number of aromatic nitrogens is 1. The van der Waals surface area contributed by atoms with Crippen LogP contribution in [0.15, 0.2) is 23.0 Å². The van der Waals surface area contributed by atoms with Crippen LogP contribution in [0.3, 0.4) is 0 Å². The highest BCUT2D eigenvalue weighted by Gasteiger charge is 2.24. The van der Waals surface area contributed by atoms with Crippen LogP contribution < -0.4 is 10.9 Å². The van der Waals surface area contributed by atoms with Gasteiger partial charge >= 0.3 is 0 Å². The molecule has 1 atom stereocenters. The van der Waals surface area contributed by atoms with Gasteiger partial charge in [-0.3, -0.25) is 4.79 Å². The first-order valence-corrected chi connectivity index (χ1v) is 7.21. The summed E-state index contributed by atoms with van der Waals surface area (Å²) in [6.07, 6.45) is 0. The number of rotatable bonds is 3. The number of pyridine rings is 1. The largest absolute Gasteiger partial charge is 0.373 e. The molecule has 4 nitrogen and oxygen atoms in total. The molecule has 2 heterocycles. The van der Waals surface area contributed by atoms with Crippen molar-refractivity contribution >= 4 is 10.8 Å². The third kappa shape index (κ3) is 2.71. The van der Waals surface area contributed by atoms with Crippen molar-refractivity contribution in [3.05, 3.63) is 45.6 Å². The lowest BCUT2D eigenvalue weighted by Crippen LogP contribution is -2.34. The van der Waals surface area contributed by atoms with Gasteiger partial charge in [-0.15, -0.1) is 0 Å². The van der Waals surface area contributed by atoms with E-state index in [0.29, 0.717) is 24.5 Å². The molecule has 1 aliphatic heterocycles. The minimum absolute atomic E-state index is 0.0148. The van der Waals surface area contributed by atoms with Gasteiger partial charge in [0.25, 0.3) is 5.56 Å². The van der Waals surface area contributed by atoms with Gasteiger partial charge in [0.2, 0.25) is 0 Å². The summed E-state index contributed by atoms with van der Waals surface area (Å²) >= 11 is 0. The molecule has 2 aromatic rings. The first kappa shape index (κ1) is 14.2. The van der Waals surface area contributed by atoms with Crippen molar-refractivity contribution in [2.45, 2.75) is 26.5 Å². The summed E-state index contributed by atoms with van der Waals surface area (Å²) < 4.78 is 19.0. The van der Waals surface area contributed by atoms with Crippen LogP contribution in [0.2, 0.25) is 0 Å². The molecule has 0 saturated carbocycles. The summed E-state index contributed by atoms with van der Waals surface area (Å²) in [4.78, 5) is 14.9. The number of ether oxygens (including phenoxy) is 1. The Hall–Kier alpha value is -1.72. The van der Waals surface area contributed by atoms with E-state index in [1.54, 1.807) is 6.07 Å². The number of fused-ring (bicyclic) bond motifs is 3. The van der Waals surface area contributed by atoms with Gasteiger partial charge in [0.15, 0.2) is 0 Å². The molecule has 0 fully saturated rings. The monoisotopic (exact) mass is 290 g/mol. The zero-order valence-electron chi connectivity index (χ0n) is 12.2. The van der Waals surface area contributed by atoms with Gasteiger partial charge in [0.05, 0.1) is 24.6 Å². The van der Waals surface area contributed by atoms with Gasteiger partial charge in [-0.1, -0.05) is 19.9 Å². The number of halogens is 1. The van der Waals surface area contributed by atoms with Gasteiger partial charge in [0, 0.05) is 11.3 Å². The SMILES string of the molecule is CC(C)CN[C@H]1COCc2[nH]c(=O)c3cc(F)ccc3c21. The van der Waals surface area contributed by atoms with Crippen LogP contribution in [0.1, 0.15) is 31.1 Å². The third-order valence-corrected chi connectivity index (χ3v) is 3.76. The van der Waals surface area contributed by atoms with Crippen LogP contribution in [0.5, 0.6) is 0 Å². The summed E-state index contributed by atoms with van der Waals surface area (Å²) in [6, 6.07) is 4.40. The van der Waals surface area contributed by atoms with Gasteiger partial charge in [-0.2, -0.15) is 0 Å². The van der Waals surface area contributed by atoms with Crippen LogP contribution in [0, 0.1) is 11.7 Å². The number of hydrogen-bond acceptors (Lipinski definition) is 3. The average molecular weight is 290 g/mol. The molecule has 1 aromatic heterocycles. The zero-order chi connectivity index (χ0) is 15.0. The third-order valence-electron chi connectivity index (χ3n) is 3.76. The summed E-state index contributed by atoms with van der Waals surface area (Å²) in [5.41, 5.74) is 1.54. The molecule has 0 spiro atoms. The van der Waals surface area contributed by atoms with E-state index in [0.717, 1.165) is 23.2 Å². The van der Waals surface area contributed by atoms with Crippen LogP contribution >= 0.6 is 0 Å². The van der Waals surface area contributed by atoms with Crippen LogP contribution in [0.4, 0.5) is 4.39 Å². The zero-order valence-corrected chi connectivity index (χ0v) is 12.2. The molecule has 21 heavy (non-hydrogen) atoms. The molecule has 0 saturated heterocycles. The van der Waals surface area contributed by atoms with E-state index >= 15 is 0 Å². The van der Waals surface area contributed by atoms with E-state index < -0.39 is 5.82 Å². The fraction of sp³-hybridized carbons (Fsp3) is 0.438. The standard InChI is InChI=1S/C16H19FN2O2/c1-9(2)6-18-13-7-21-8-14-15(13)11-4-3-10(17)5-12(11)16(20)19-14/h3-5,9,13,18H,6-8H2,1-2H3,(H,19,20)/t13-/m0/s1. The smallest absolute Gasteiger partial charge is 0.256 e. The maximum atomic E-state index is 13.4. The fourth-order valence-corrected chi connectivity index (χ4v) is 2.79. The van der Waals surface area contributed by atoms with Crippen molar-refractivity contribution in [2.24, 2.45) is 5.92 Å². The van der Waals surface area contributed by atoms with Crippen LogP contribution in [-0.4, -0.2) is 18.1 Å². The van der Waals surface area contributed by atoms with Gasteiger partial charge in [-0.05, 0) is 30.0 Å². The van der Waals surface area contributed by atoms with Crippen molar-refractivity contribution < 1.29 is 9.13 Å². The number of hydrogen-bond donors (Lipinski definition) is 2. The first-order chi connectivity index (χ1) is 10.1. The predicted octanol–water partition coefficient (Wildman–Crippen LogP) is 2.48. The normalized spacial score (nSPS) is 18.2. The summed E-state index contributed by atoms with van der Waals surface area (Å²) in [7, 11) is 0. The second-order valence-electron chi connectivity index (χ2n) is 5.91. The topological polar surface area (TPSA) is 54.1 Å². The Morgan fingerprint density at radius 3 is 3.00 bits per heavy atom. The maximum Gasteiger partial charge on any atom is 0.256 e. The molecule has 0 aliphatic carbocycles. The van der Waals surface area contributed by atoms with E-state index in [1.165, 1.54) is 12.1 Å². The Morgan fingerprint density at radius 1 is 1.43 bits per heavy atom. The number of aromatic amines is 1.